The van der Waals surface area contributed by atoms with Crippen molar-refractivity contribution < 1.29 is 0 Å². The van der Waals surface area contributed by atoms with E-state index in [2.05, 4.69) is 27.8 Å². The normalized spacial score (nSPS) is 11.7. The summed E-state index contributed by atoms with van der Waals surface area (Å²) < 4.78 is 0.965. The van der Waals surface area contributed by atoms with Gasteiger partial charge in [-0.15, -0.1) is 11.8 Å². The minimum Gasteiger partial charge on any atom is -0.324 e. The van der Waals surface area contributed by atoms with Crippen molar-refractivity contribution >= 4 is 27.5 Å². The van der Waals surface area contributed by atoms with Crippen LogP contribution in [0.3, 0.4) is 0 Å². The van der Waals surface area contributed by atoms with E-state index in [0.29, 0.717) is 5.02 Å². The highest BCUT2D eigenvalue weighted by molar-refractivity contribution is 9.10. The van der Waals surface area contributed by atoms with Crippen LogP contribution in [0.5, 0.6) is 0 Å². The standard InChI is InChI=1S/C12H13BrClN/c1-2-3-4-5-12(15)10-7-6-9(14)8-11(10)13/h6-8,12H,4-5,15H2,1H3. The monoisotopic (exact) mass is 285 g/mol. The molecule has 3 heteroatoms. The zero-order valence-electron chi connectivity index (χ0n) is 8.56. The fourth-order valence-electron chi connectivity index (χ4n) is 1.31. The Morgan fingerprint density at radius 3 is 2.87 bits per heavy atom. The van der Waals surface area contributed by atoms with Gasteiger partial charge in [0.05, 0.1) is 0 Å². The molecular formula is C12H13BrClN. The van der Waals surface area contributed by atoms with Crippen molar-refractivity contribution in [1.82, 2.24) is 0 Å². The molecule has 1 rings (SSSR count). The number of nitrogens with two attached hydrogens (primary N) is 1. The van der Waals surface area contributed by atoms with Crippen LogP contribution in [0.15, 0.2) is 22.7 Å². The summed E-state index contributed by atoms with van der Waals surface area (Å²) >= 11 is 9.31. The molecule has 0 spiro atoms. The van der Waals surface area contributed by atoms with Gasteiger partial charge >= 0.3 is 0 Å². The number of hydrogen-bond donors (Lipinski definition) is 1. The summed E-state index contributed by atoms with van der Waals surface area (Å²) in [5.41, 5.74) is 7.13. The Morgan fingerprint density at radius 1 is 1.53 bits per heavy atom. The lowest BCUT2D eigenvalue weighted by Gasteiger charge is -2.12. The predicted molar refractivity (Wildman–Crippen MR) is 68.8 cm³/mol. The summed E-state index contributed by atoms with van der Waals surface area (Å²) in [5.74, 6) is 5.87. The van der Waals surface area contributed by atoms with Crippen molar-refractivity contribution in [2.24, 2.45) is 5.73 Å². The zero-order valence-corrected chi connectivity index (χ0v) is 10.9. The van der Waals surface area contributed by atoms with Gasteiger partial charge in [-0.05, 0) is 31.0 Å². The van der Waals surface area contributed by atoms with Gasteiger partial charge in [-0.2, -0.15) is 0 Å². The molecule has 2 N–H and O–H groups in total. The van der Waals surface area contributed by atoms with Crippen LogP contribution in [0.25, 0.3) is 0 Å². The fraction of sp³-hybridized carbons (Fsp3) is 0.333. The van der Waals surface area contributed by atoms with E-state index in [1.165, 1.54) is 0 Å². The van der Waals surface area contributed by atoms with Gasteiger partial charge in [-0.1, -0.05) is 33.6 Å². The van der Waals surface area contributed by atoms with E-state index in [0.717, 1.165) is 22.9 Å². The fourth-order valence-corrected chi connectivity index (χ4v) is 2.29. The van der Waals surface area contributed by atoms with Gasteiger partial charge in [0, 0.05) is 22.0 Å². The quantitative estimate of drug-likeness (QED) is 0.838. The average Bonchev–Trinajstić information content (AvgIpc) is 2.17. The molecule has 1 unspecified atom stereocenters. The molecule has 0 aromatic heterocycles. The van der Waals surface area contributed by atoms with E-state index < -0.39 is 0 Å². The molecule has 0 saturated heterocycles. The van der Waals surface area contributed by atoms with Gasteiger partial charge < -0.3 is 5.73 Å². The highest BCUT2D eigenvalue weighted by Gasteiger charge is 2.09. The Morgan fingerprint density at radius 2 is 2.27 bits per heavy atom. The largest absolute Gasteiger partial charge is 0.324 e. The van der Waals surface area contributed by atoms with Crippen molar-refractivity contribution in [3.63, 3.8) is 0 Å². The van der Waals surface area contributed by atoms with E-state index in [9.17, 15) is 0 Å². The predicted octanol–water partition coefficient (Wildman–Crippen LogP) is 3.91. The summed E-state index contributed by atoms with van der Waals surface area (Å²) in [5, 5.41) is 0.714. The molecule has 1 aromatic carbocycles. The van der Waals surface area contributed by atoms with Crippen molar-refractivity contribution in [2.45, 2.75) is 25.8 Å². The lowest BCUT2D eigenvalue weighted by atomic mass is 10.0. The van der Waals surface area contributed by atoms with Gasteiger partial charge in [-0.3, -0.25) is 0 Å². The van der Waals surface area contributed by atoms with Crippen molar-refractivity contribution in [3.8, 4) is 11.8 Å². The lowest BCUT2D eigenvalue weighted by Crippen LogP contribution is -2.10. The molecule has 0 aliphatic heterocycles. The third kappa shape index (κ3) is 3.87. The molecule has 0 radical (unpaired) electrons. The minimum atomic E-state index is 0.0116. The second kappa shape index (κ2) is 6.17. The molecule has 0 amide bonds. The van der Waals surface area contributed by atoms with Crippen LogP contribution in [0, 0.1) is 11.8 Å². The summed E-state index contributed by atoms with van der Waals surface area (Å²) in [7, 11) is 0. The van der Waals surface area contributed by atoms with E-state index in [1.54, 1.807) is 0 Å². The molecule has 80 valence electrons. The van der Waals surface area contributed by atoms with Crippen molar-refractivity contribution in [2.75, 3.05) is 0 Å². The highest BCUT2D eigenvalue weighted by Crippen LogP contribution is 2.27. The maximum Gasteiger partial charge on any atom is 0.0417 e. The van der Waals surface area contributed by atoms with Gasteiger partial charge in [0.1, 0.15) is 0 Å². The zero-order chi connectivity index (χ0) is 11.3. The Balaban J connectivity index is 2.71. The lowest BCUT2D eigenvalue weighted by molar-refractivity contribution is 0.665. The molecule has 15 heavy (non-hydrogen) atoms. The molecule has 0 aliphatic carbocycles. The van der Waals surface area contributed by atoms with Crippen LogP contribution in [0.1, 0.15) is 31.4 Å². The molecular weight excluding hydrogens is 273 g/mol. The Kier molecular flexibility index (Phi) is 5.17. The average molecular weight is 287 g/mol. The Hall–Kier alpha value is -0.490. The van der Waals surface area contributed by atoms with Crippen LogP contribution in [-0.4, -0.2) is 0 Å². The highest BCUT2D eigenvalue weighted by atomic mass is 79.9. The van der Waals surface area contributed by atoms with Gasteiger partial charge in [0.15, 0.2) is 0 Å². The number of benzene rings is 1. The SMILES string of the molecule is CC#CCCC(N)c1ccc(Cl)cc1Br. The first-order chi connectivity index (χ1) is 7.15. The summed E-state index contributed by atoms with van der Waals surface area (Å²) in [6.45, 7) is 1.84. The first kappa shape index (κ1) is 12.6. The summed E-state index contributed by atoms with van der Waals surface area (Å²) in [6.07, 6.45) is 1.69. The third-order valence-electron chi connectivity index (χ3n) is 2.12. The van der Waals surface area contributed by atoms with Crippen LogP contribution in [0.2, 0.25) is 5.02 Å². The minimum absolute atomic E-state index is 0.0116. The van der Waals surface area contributed by atoms with E-state index in [1.807, 2.05) is 25.1 Å². The smallest absolute Gasteiger partial charge is 0.0417 e. The van der Waals surface area contributed by atoms with E-state index in [-0.39, 0.29) is 6.04 Å². The van der Waals surface area contributed by atoms with Crippen molar-refractivity contribution in [3.05, 3.63) is 33.3 Å². The molecule has 0 aliphatic rings. The number of rotatable bonds is 3. The maximum atomic E-state index is 6.05. The first-order valence-corrected chi connectivity index (χ1v) is 5.92. The van der Waals surface area contributed by atoms with Gasteiger partial charge in [0.2, 0.25) is 0 Å². The molecule has 0 bridgehead atoms. The molecule has 1 aromatic rings. The van der Waals surface area contributed by atoms with E-state index >= 15 is 0 Å². The van der Waals surface area contributed by atoms with Crippen LogP contribution in [-0.2, 0) is 0 Å². The Labute approximate surface area is 104 Å². The topological polar surface area (TPSA) is 26.0 Å². The molecule has 1 nitrogen and oxygen atoms in total. The second-order valence-corrected chi connectivity index (χ2v) is 4.53. The van der Waals surface area contributed by atoms with Crippen LogP contribution >= 0.6 is 27.5 Å². The van der Waals surface area contributed by atoms with Crippen molar-refractivity contribution in [1.29, 1.82) is 0 Å². The van der Waals surface area contributed by atoms with E-state index in [4.69, 9.17) is 17.3 Å². The maximum absolute atomic E-state index is 6.05. The molecule has 0 heterocycles. The second-order valence-electron chi connectivity index (χ2n) is 3.24. The number of hydrogen-bond acceptors (Lipinski definition) is 1. The summed E-state index contributed by atoms with van der Waals surface area (Å²) in [6, 6.07) is 5.68. The van der Waals surface area contributed by atoms with Crippen LogP contribution in [0.4, 0.5) is 0 Å². The van der Waals surface area contributed by atoms with Crippen LogP contribution < -0.4 is 5.73 Å². The van der Waals surface area contributed by atoms with Gasteiger partial charge in [-0.25, -0.2) is 0 Å². The number of halogens is 2. The summed E-state index contributed by atoms with van der Waals surface area (Å²) in [4.78, 5) is 0. The third-order valence-corrected chi connectivity index (χ3v) is 3.04. The first-order valence-electron chi connectivity index (χ1n) is 4.75. The molecule has 1 atom stereocenters. The Bertz CT molecular complexity index is 392. The molecule has 0 saturated carbocycles. The van der Waals surface area contributed by atoms with Gasteiger partial charge in [0.25, 0.3) is 0 Å². The molecule has 0 fully saturated rings.